The highest BCUT2D eigenvalue weighted by Gasteiger charge is 2.55. The summed E-state index contributed by atoms with van der Waals surface area (Å²) in [6.07, 6.45) is 4.63. The molecule has 11 heteroatoms. The Balaban J connectivity index is 1.58. The third kappa shape index (κ3) is 5.22. The van der Waals surface area contributed by atoms with E-state index in [1.54, 1.807) is 47.5 Å². The SMILES string of the molecule is C=CCC1N(S(=O)(=O)c2ccc(F)cc2)c2ccc(C(=O)NCc3ncccc3Cl)cc2C12CCN(C(C)=O)CC2. The third-order valence-corrected chi connectivity index (χ3v) is 10.2. The number of nitrogens with one attached hydrogen (secondary N) is 1. The van der Waals surface area contributed by atoms with Gasteiger partial charge in [0.1, 0.15) is 5.82 Å². The number of benzene rings is 2. The number of sulfonamides is 1. The quantitative estimate of drug-likeness (QED) is 0.394. The van der Waals surface area contributed by atoms with Gasteiger partial charge in [0, 0.05) is 37.2 Å². The Hall–Kier alpha value is -3.76. The van der Waals surface area contributed by atoms with E-state index in [0.29, 0.717) is 54.3 Å². The Labute approximate surface area is 243 Å². The number of aromatic nitrogens is 1. The molecule has 2 aromatic carbocycles. The summed E-state index contributed by atoms with van der Waals surface area (Å²) in [5.74, 6) is -0.939. The number of anilines is 1. The molecule has 1 aromatic heterocycles. The number of pyridine rings is 1. The molecule has 0 aliphatic carbocycles. The molecule has 1 unspecified atom stereocenters. The summed E-state index contributed by atoms with van der Waals surface area (Å²) in [6, 6.07) is 12.6. The number of amides is 2. The van der Waals surface area contributed by atoms with Gasteiger partial charge in [0.2, 0.25) is 5.91 Å². The molecule has 1 N–H and O–H groups in total. The van der Waals surface area contributed by atoms with Gasteiger partial charge in [0.25, 0.3) is 15.9 Å². The minimum atomic E-state index is -4.11. The molecule has 41 heavy (non-hydrogen) atoms. The van der Waals surface area contributed by atoms with E-state index in [0.717, 1.165) is 17.7 Å². The maximum Gasteiger partial charge on any atom is 0.264 e. The first-order valence-corrected chi connectivity index (χ1v) is 15.1. The van der Waals surface area contributed by atoms with E-state index in [9.17, 15) is 22.4 Å². The van der Waals surface area contributed by atoms with Gasteiger partial charge < -0.3 is 10.2 Å². The standard InChI is InChI=1S/C30H30ClFN4O4S/c1-3-5-28-30(13-16-35(17-14-30)20(2)37)24-18-21(29(38)34-19-26-25(31)6-4-15-33-26)7-12-27(24)36(28)41(39,40)23-10-8-22(32)9-11-23/h3-4,6-12,15,18,28H,1,5,13-14,16-17,19H2,2H3,(H,34,38). The van der Waals surface area contributed by atoms with Crippen LogP contribution in [0.2, 0.25) is 5.02 Å². The topological polar surface area (TPSA) is 99.7 Å². The van der Waals surface area contributed by atoms with Gasteiger partial charge in [0.05, 0.1) is 33.9 Å². The van der Waals surface area contributed by atoms with Gasteiger partial charge in [0.15, 0.2) is 0 Å². The Bertz CT molecular complexity index is 1600. The Morgan fingerprint density at radius 2 is 1.88 bits per heavy atom. The number of piperidine rings is 1. The average Bonchev–Trinajstić information content (AvgIpc) is 3.22. The Morgan fingerprint density at radius 1 is 1.17 bits per heavy atom. The van der Waals surface area contributed by atoms with Crippen LogP contribution in [-0.4, -0.2) is 49.2 Å². The molecular formula is C30H30ClFN4O4S. The molecule has 1 fully saturated rings. The summed E-state index contributed by atoms with van der Waals surface area (Å²) < 4.78 is 43.3. The molecular weight excluding hydrogens is 567 g/mol. The summed E-state index contributed by atoms with van der Waals surface area (Å²) in [5.41, 5.74) is 1.40. The number of likely N-dealkylation sites (tertiary alicyclic amines) is 1. The Kier molecular flexibility index (Phi) is 7.89. The number of hydrogen-bond donors (Lipinski definition) is 1. The highest BCUT2D eigenvalue weighted by atomic mass is 35.5. The molecule has 1 spiro atoms. The lowest BCUT2D eigenvalue weighted by Gasteiger charge is -2.44. The molecule has 8 nitrogen and oxygen atoms in total. The van der Waals surface area contributed by atoms with Crippen LogP contribution in [0.3, 0.4) is 0 Å². The van der Waals surface area contributed by atoms with Crippen molar-refractivity contribution in [3.05, 3.63) is 101 Å². The van der Waals surface area contributed by atoms with Crippen LogP contribution >= 0.6 is 11.6 Å². The molecule has 3 heterocycles. The molecule has 2 amide bonds. The fourth-order valence-corrected chi connectivity index (χ4v) is 7.91. The van der Waals surface area contributed by atoms with Crippen LogP contribution in [0.25, 0.3) is 0 Å². The number of carbonyl (C=O) groups is 2. The first kappa shape index (κ1) is 28.8. The minimum absolute atomic E-state index is 0.0359. The molecule has 1 saturated heterocycles. The van der Waals surface area contributed by atoms with Gasteiger partial charge in [-0.3, -0.25) is 18.9 Å². The summed E-state index contributed by atoms with van der Waals surface area (Å²) in [7, 11) is -4.11. The van der Waals surface area contributed by atoms with E-state index < -0.39 is 27.3 Å². The number of nitrogens with zero attached hydrogens (tertiary/aromatic N) is 3. The van der Waals surface area contributed by atoms with Gasteiger partial charge in [-0.15, -0.1) is 6.58 Å². The number of halogens is 2. The maximum absolute atomic E-state index is 14.1. The highest BCUT2D eigenvalue weighted by Crippen LogP contribution is 2.54. The zero-order chi connectivity index (χ0) is 29.4. The first-order chi connectivity index (χ1) is 19.6. The number of hydrogen-bond acceptors (Lipinski definition) is 5. The maximum atomic E-state index is 14.1. The summed E-state index contributed by atoms with van der Waals surface area (Å²) in [4.78, 5) is 31.3. The summed E-state index contributed by atoms with van der Waals surface area (Å²) >= 11 is 6.19. The van der Waals surface area contributed by atoms with Gasteiger partial charge in [-0.25, -0.2) is 12.8 Å². The zero-order valence-electron chi connectivity index (χ0n) is 22.5. The van der Waals surface area contributed by atoms with Crippen LogP contribution in [0.5, 0.6) is 0 Å². The molecule has 2 aliphatic heterocycles. The van der Waals surface area contributed by atoms with Crippen molar-refractivity contribution in [3.8, 4) is 0 Å². The van der Waals surface area contributed by atoms with Gasteiger partial charge in [-0.1, -0.05) is 17.7 Å². The number of rotatable bonds is 7. The van der Waals surface area contributed by atoms with Gasteiger partial charge in [-0.05, 0) is 79.4 Å². The third-order valence-electron chi connectivity index (χ3n) is 8.07. The van der Waals surface area contributed by atoms with Crippen LogP contribution in [0.1, 0.15) is 47.8 Å². The van der Waals surface area contributed by atoms with Gasteiger partial charge >= 0.3 is 0 Å². The molecule has 0 radical (unpaired) electrons. The molecule has 214 valence electrons. The van der Waals surface area contributed by atoms with Crippen molar-refractivity contribution in [2.45, 2.75) is 49.1 Å². The summed E-state index contributed by atoms with van der Waals surface area (Å²) in [5, 5.41) is 3.28. The largest absolute Gasteiger partial charge is 0.346 e. The lowest BCUT2D eigenvalue weighted by Crippen LogP contribution is -2.53. The van der Waals surface area contributed by atoms with E-state index in [4.69, 9.17) is 11.6 Å². The van der Waals surface area contributed by atoms with Crippen LogP contribution in [0, 0.1) is 5.82 Å². The molecule has 0 bridgehead atoms. The normalized spacial score (nSPS) is 17.8. The lowest BCUT2D eigenvalue weighted by molar-refractivity contribution is -0.130. The van der Waals surface area contributed by atoms with Crippen molar-refractivity contribution < 1.29 is 22.4 Å². The summed E-state index contributed by atoms with van der Waals surface area (Å²) in [6.45, 7) is 6.43. The lowest BCUT2D eigenvalue weighted by atomic mass is 9.68. The smallest absolute Gasteiger partial charge is 0.264 e. The van der Waals surface area contributed by atoms with Crippen LogP contribution in [0.15, 0.2) is 78.3 Å². The van der Waals surface area contributed by atoms with Crippen molar-refractivity contribution >= 4 is 39.1 Å². The van der Waals surface area contributed by atoms with E-state index in [-0.39, 0.29) is 23.3 Å². The van der Waals surface area contributed by atoms with Crippen LogP contribution in [-0.2, 0) is 26.8 Å². The molecule has 1 atom stereocenters. The molecule has 0 saturated carbocycles. The fraction of sp³-hybridized carbons (Fsp3) is 0.300. The van der Waals surface area contributed by atoms with E-state index in [1.165, 1.54) is 23.4 Å². The van der Waals surface area contributed by atoms with Gasteiger partial charge in [-0.2, -0.15) is 0 Å². The monoisotopic (exact) mass is 596 g/mol. The molecule has 5 rings (SSSR count). The van der Waals surface area contributed by atoms with Crippen molar-refractivity contribution in [2.24, 2.45) is 0 Å². The van der Waals surface area contributed by atoms with Crippen molar-refractivity contribution in [2.75, 3.05) is 17.4 Å². The van der Waals surface area contributed by atoms with E-state index in [1.807, 2.05) is 0 Å². The average molecular weight is 597 g/mol. The van der Waals surface area contributed by atoms with Crippen molar-refractivity contribution in [1.82, 2.24) is 15.2 Å². The highest BCUT2D eigenvalue weighted by molar-refractivity contribution is 7.92. The number of fused-ring (bicyclic) bond motifs is 2. The second-order valence-corrected chi connectivity index (χ2v) is 12.5. The van der Waals surface area contributed by atoms with Crippen LogP contribution < -0.4 is 9.62 Å². The van der Waals surface area contributed by atoms with Crippen molar-refractivity contribution in [3.63, 3.8) is 0 Å². The predicted molar refractivity (Wildman–Crippen MR) is 155 cm³/mol. The first-order valence-electron chi connectivity index (χ1n) is 13.3. The second kappa shape index (κ2) is 11.3. The van der Waals surface area contributed by atoms with E-state index in [2.05, 4.69) is 16.9 Å². The van der Waals surface area contributed by atoms with Crippen LogP contribution in [0.4, 0.5) is 10.1 Å². The van der Waals surface area contributed by atoms with E-state index >= 15 is 0 Å². The minimum Gasteiger partial charge on any atom is -0.346 e. The fourth-order valence-electron chi connectivity index (χ4n) is 5.97. The second-order valence-electron chi connectivity index (χ2n) is 10.3. The number of carbonyl (C=O) groups excluding carboxylic acids is 2. The molecule has 3 aromatic rings. The zero-order valence-corrected chi connectivity index (χ0v) is 24.1. The molecule has 2 aliphatic rings. The Morgan fingerprint density at radius 3 is 2.51 bits per heavy atom. The predicted octanol–water partition coefficient (Wildman–Crippen LogP) is 4.84. The van der Waals surface area contributed by atoms with Crippen molar-refractivity contribution in [1.29, 1.82) is 0 Å².